The lowest BCUT2D eigenvalue weighted by atomic mass is 10.0. The number of hydrogen-bond acceptors (Lipinski definition) is 3. The summed E-state index contributed by atoms with van der Waals surface area (Å²) in [6.45, 7) is 3.36. The largest absolute Gasteiger partial charge is 0.330 e. The Hall–Kier alpha value is -1.20. The summed E-state index contributed by atoms with van der Waals surface area (Å²) in [7, 11) is 0. The summed E-state index contributed by atoms with van der Waals surface area (Å²) in [4.78, 5) is 21.2. The quantitative estimate of drug-likeness (QED) is 0.905. The molecule has 0 atom stereocenters. The summed E-state index contributed by atoms with van der Waals surface area (Å²) in [6, 6.07) is 1.77. The summed E-state index contributed by atoms with van der Waals surface area (Å²) >= 11 is 1.73. The Kier molecular flexibility index (Phi) is 3.55. The Morgan fingerprint density at radius 1 is 1.14 bits per heavy atom. The van der Waals surface area contributed by atoms with Gasteiger partial charge >= 0.3 is 0 Å². The highest BCUT2D eigenvalue weighted by Crippen LogP contribution is 2.28. The summed E-state index contributed by atoms with van der Waals surface area (Å²) < 4.78 is 1.87. The van der Waals surface area contributed by atoms with Crippen molar-refractivity contribution in [3.63, 3.8) is 0 Å². The van der Waals surface area contributed by atoms with Gasteiger partial charge in [-0.15, -0.1) is 11.3 Å². The lowest BCUT2D eigenvalue weighted by Gasteiger charge is -2.22. The molecule has 2 aliphatic rings. The van der Waals surface area contributed by atoms with Crippen molar-refractivity contribution in [3.05, 3.63) is 32.7 Å². The fourth-order valence-electron chi connectivity index (χ4n) is 3.72. The van der Waals surface area contributed by atoms with Crippen LogP contribution in [0.3, 0.4) is 0 Å². The van der Waals surface area contributed by atoms with Crippen LogP contribution in [0.1, 0.15) is 48.4 Å². The Morgan fingerprint density at radius 3 is 2.81 bits per heavy atom. The molecule has 5 heteroatoms. The van der Waals surface area contributed by atoms with E-state index in [9.17, 15) is 4.79 Å². The third-order valence-electron chi connectivity index (χ3n) is 4.81. The summed E-state index contributed by atoms with van der Waals surface area (Å²) in [5, 5.41) is 0. The second kappa shape index (κ2) is 5.54. The highest BCUT2D eigenvalue weighted by Gasteiger charge is 2.20. The Bertz CT molecular complexity index is 712. The lowest BCUT2D eigenvalue weighted by Crippen LogP contribution is -3.11. The molecule has 1 saturated heterocycles. The molecule has 1 N–H and O–H groups in total. The van der Waals surface area contributed by atoms with E-state index in [0.29, 0.717) is 0 Å². The van der Waals surface area contributed by atoms with Gasteiger partial charge in [-0.05, 0) is 44.9 Å². The molecule has 0 spiro atoms. The minimum absolute atomic E-state index is 0.130. The number of thiazole rings is 1. The molecule has 0 bridgehead atoms. The number of piperidine rings is 1. The van der Waals surface area contributed by atoms with E-state index in [1.54, 1.807) is 22.3 Å². The molecule has 0 saturated carbocycles. The number of rotatable bonds is 2. The zero-order chi connectivity index (χ0) is 14.2. The summed E-state index contributed by atoms with van der Waals surface area (Å²) in [5.41, 5.74) is 2.34. The van der Waals surface area contributed by atoms with Gasteiger partial charge in [-0.2, -0.15) is 0 Å². The maximum absolute atomic E-state index is 12.5. The van der Waals surface area contributed by atoms with E-state index in [-0.39, 0.29) is 5.56 Å². The third kappa shape index (κ3) is 2.53. The molecule has 1 aliphatic heterocycles. The van der Waals surface area contributed by atoms with E-state index in [0.717, 1.165) is 30.0 Å². The Morgan fingerprint density at radius 2 is 1.95 bits per heavy atom. The maximum Gasteiger partial charge on any atom is 0.259 e. The van der Waals surface area contributed by atoms with Crippen molar-refractivity contribution in [3.8, 4) is 0 Å². The molecular formula is C16H22N3OS+. The average molecular weight is 304 g/mol. The first-order valence-corrected chi connectivity index (χ1v) is 9.00. The number of hydrogen-bond donors (Lipinski definition) is 1. The van der Waals surface area contributed by atoms with E-state index >= 15 is 0 Å². The molecule has 0 amide bonds. The van der Waals surface area contributed by atoms with Crippen molar-refractivity contribution in [1.82, 2.24) is 9.38 Å². The first-order chi connectivity index (χ1) is 10.3. The van der Waals surface area contributed by atoms with Crippen molar-refractivity contribution in [2.45, 2.75) is 51.5 Å². The van der Waals surface area contributed by atoms with Crippen LogP contribution in [0.25, 0.3) is 4.96 Å². The molecule has 0 aromatic carbocycles. The van der Waals surface area contributed by atoms with Gasteiger partial charge < -0.3 is 4.90 Å². The van der Waals surface area contributed by atoms with Gasteiger partial charge in [-0.3, -0.25) is 9.20 Å². The van der Waals surface area contributed by atoms with E-state index in [4.69, 9.17) is 4.98 Å². The van der Waals surface area contributed by atoms with Crippen LogP contribution in [0, 0.1) is 0 Å². The zero-order valence-corrected chi connectivity index (χ0v) is 13.2. The van der Waals surface area contributed by atoms with Gasteiger partial charge in [-0.1, -0.05) is 0 Å². The highest BCUT2D eigenvalue weighted by molar-refractivity contribution is 7.17. The standard InChI is InChI=1S/C16H21N3OS/c20-15-10-12(11-18-8-4-1-5-9-18)17-16-19(15)13-6-2-3-7-14(13)21-16/h10H,1-9,11H2/p+1. The van der Waals surface area contributed by atoms with Crippen LogP contribution in [0.2, 0.25) is 0 Å². The molecule has 1 aliphatic carbocycles. The average Bonchev–Trinajstić information content (AvgIpc) is 2.87. The Labute approximate surface area is 128 Å². The van der Waals surface area contributed by atoms with Crippen molar-refractivity contribution >= 4 is 16.3 Å². The van der Waals surface area contributed by atoms with Crippen molar-refractivity contribution in [1.29, 1.82) is 0 Å². The zero-order valence-electron chi connectivity index (χ0n) is 12.4. The van der Waals surface area contributed by atoms with Gasteiger partial charge in [0.2, 0.25) is 0 Å². The second-order valence-electron chi connectivity index (χ2n) is 6.37. The minimum atomic E-state index is 0.130. The summed E-state index contributed by atoms with van der Waals surface area (Å²) in [6.07, 6.45) is 8.58. The van der Waals surface area contributed by atoms with Gasteiger partial charge in [0.1, 0.15) is 12.2 Å². The second-order valence-corrected chi connectivity index (χ2v) is 7.43. The fraction of sp³-hybridized carbons (Fsp3) is 0.625. The number of fused-ring (bicyclic) bond motifs is 3. The van der Waals surface area contributed by atoms with Gasteiger partial charge in [0.25, 0.3) is 5.56 Å². The van der Waals surface area contributed by atoms with E-state index in [2.05, 4.69) is 0 Å². The number of aromatic nitrogens is 2. The van der Waals surface area contributed by atoms with Crippen LogP contribution in [-0.2, 0) is 19.4 Å². The monoisotopic (exact) mass is 304 g/mol. The minimum Gasteiger partial charge on any atom is -0.330 e. The first kappa shape index (κ1) is 13.5. The molecule has 2 aromatic rings. The number of likely N-dealkylation sites (tertiary alicyclic amines) is 1. The molecule has 21 heavy (non-hydrogen) atoms. The van der Waals surface area contributed by atoms with Crippen molar-refractivity contribution in [2.75, 3.05) is 13.1 Å². The van der Waals surface area contributed by atoms with Crippen LogP contribution in [0.15, 0.2) is 10.9 Å². The third-order valence-corrected chi connectivity index (χ3v) is 5.95. The fourth-order valence-corrected chi connectivity index (χ4v) is 4.95. The maximum atomic E-state index is 12.5. The predicted octanol–water partition coefficient (Wildman–Crippen LogP) is 1.20. The van der Waals surface area contributed by atoms with E-state index < -0.39 is 0 Å². The van der Waals surface area contributed by atoms with Crippen LogP contribution >= 0.6 is 11.3 Å². The molecule has 3 heterocycles. The molecule has 2 aromatic heterocycles. The van der Waals surface area contributed by atoms with Crippen molar-refractivity contribution in [2.24, 2.45) is 0 Å². The molecular weight excluding hydrogens is 282 g/mol. The van der Waals surface area contributed by atoms with Crippen LogP contribution in [-0.4, -0.2) is 22.5 Å². The molecule has 112 valence electrons. The molecule has 4 nitrogen and oxygen atoms in total. The topological polar surface area (TPSA) is 38.8 Å². The van der Waals surface area contributed by atoms with Gasteiger partial charge in [0, 0.05) is 16.6 Å². The number of aryl methyl sites for hydroxylation is 2. The van der Waals surface area contributed by atoms with Gasteiger partial charge in [0.15, 0.2) is 4.96 Å². The molecule has 4 rings (SSSR count). The van der Waals surface area contributed by atoms with Crippen LogP contribution in [0.5, 0.6) is 0 Å². The van der Waals surface area contributed by atoms with Gasteiger partial charge in [0.05, 0.1) is 13.1 Å². The number of nitrogens with zero attached hydrogens (tertiary/aromatic N) is 2. The van der Waals surface area contributed by atoms with E-state index in [1.807, 2.05) is 4.40 Å². The van der Waals surface area contributed by atoms with Crippen LogP contribution < -0.4 is 10.5 Å². The van der Waals surface area contributed by atoms with Crippen LogP contribution in [0.4, 0.5) is 0 Å². The number of quaternary nitrogens is 1. The molecule has 0 unspecified atom stereocenters. The molecule has 1 fully saturated rings. The molecule has 0 radical (unpaired) electrons. The predicted molar refractivity (Wildman–Crippen MR) is 84.2 cm³/mol. The first-order valence-electron chi connectivity index (χ1n) is 8.18. The lowest BCUT2D eigenvalue weighted by molar-refractivity contribution is -0.918. The van der Waals surface area contributed by atoms with E-state index in [1.165, 1.54) is 55.8 Å². The normalized spacial score (nSPS) is 19.8. The highest BCUT2D eigenvalue weighted by atomic mass is 32.1. The smallest absolute Gasteiger partial charge is 0.259 e. The summed E-state index contributed by atoms with van der Waals surface area (Å²) in [5.74, 6) is 0. The SMILES string of the molecule is O=c1cc(C[NH+]2CCCCC2)nc2sc3c(n12)CCCC3. The number of nitrogens with one attached hydrogen (secondary N) is 1. The Balaban J connectivity index is 1.70. The van der Waals surface area contributed by atoms with Crippen molar-refractivity contribution < 1.29 is 4.90 Å². The van der Waals surface area contributed by atoms with Gasteiger partial charge in [-0.25, -0.2) is 4.98 Å².